The molecule has 0 saturated carbocycles. The topological polar surface area (TPSA) is 95.4 Å². The number of halogens is 1. The molecule has 9 heteroatoms. The van der Waals surface area contributed by atoms with Crippen LogP contribution in [-0.4, -0.2) is 60.4 Å². The lowest BCUT2D eigenvalue weighted by Crippen LogP contribution is -2.63. The molecule has 1 aromatic carbocycles. The fourth-order valence-electron chi connectivity index (χ4n) is 2.56. The molecular formula is C19H31IN4O4. The van der Waals surface area contributed by atoms with Gasteiger partial charge in [-0.05, 0) is 45.4 Å². The lowest BCUT2D eigenvalue weighted by molar-refractivity contribution is 0.00700. The van der Waals surface area contributed by atoms with Gasteiger partial charge in [0.2, 0.25) is 0 Å². The fourth-order valence-corrected chi connectivity index (χ4v) is 2.56. The summed E-state index contributed by atoms with van der Waals surface area (Å²) >= 11 is 0. The average Bonchev–Trinajstić information content (AvgIpc) is 2.53. The largest absolute Gasteiger partial charge is 0.504 e. The number of rotatable bonds is 5. The first-order chi connectivity index (χ1) is 12.7. The molecule has 0 unspecified atom stereocenters. The molecule has 1 aliphatic rings. The molecule has 0 aromatic heterocycles. The number of nitrogens with one attached hydrogen (secondary N) is 2. The van der Waals surface area contributed by atoms with Crippen LogP contribution < -0.4 is 15.4 Å². The molecule has 3 N–H and O–H groups in total. The SMILES string of the molecule is CCNC(=NCc1ccc(OC)c(O)c1)NC1CN(C(=O)OC(C)(C)C)C1.I. The smallest absolute Gasteiger partial charge is 0.410 e. The molecule has 28 heavy (non-hydrogen) atoms. The van der Waals surface area contributed by atoms with Gasteiger partial charge in [-0.2, -0.15) is 0 Å². The van der Waals surface area contributed by atoms with E-state index in [1.165, 1.54) is 7.11 Å². The molecule has 0 atom stereocenters. The number of aromatic hydroxyl groups is 1. The van der Waals surface area contributed by atoms with Gasteiger partial charge in [-0.25, -0.2) is 9.79 Å². The van der Waals surface area contributed by atoms with E-state index in [9.17, 15) is 9.90 Å². The van der Waals surface area contributed by atoms with Crippen molar-refractivity contribution in [2.45, 2.75) is 45.9 Å². The molecule has 1 aliphatic heterocycles. The number of amides is 1. The van der Waals surface area contributed by atoms with E-state index < -0.39 is 5.60 Å². The van der Waals surface area contributed by atoms with Crippen molar-refractivity contribution in [2.75, 3.05) is 26.7 Å². The number of hydrogen-bond donors (Lipinski definition) is 3. The van der Waals surface area contributed by atoms with Crippen LogP contribution >= 0.6 is 24.0 Å². The van der Waals surface area contributed by atoms with E-state index in [-0.39, 0.29) is 41.9 Å². The Morgan fingerprint density at radius 3 is 2.57 bits per heavy atom. The Kier molecular flexibility index (Phi) is 9.12. The summed E-state index contributed by atoms with van der Waals surface area (Å²) in [6.07, 6.45) is -0.295. The highest BCUT2D eigenvalue weighted by atomic mass is 127. The summed E-state index contributed by atoms with van der Waals surface area (Å²) < 4.78 is 10.4. The van der Waals surface area contributed by atoms with Crippen LogP contribution in [0.25, 0.3) is 0 Å². The summed E-state index contributed by atoms with van der Waals surface area (Å²) in [6, 6.07) is 5.34. The number of nitrogens with zero attached hydrogens (tertiary/aromatic N) is 2. The number of phenolic OH excluding ortho intramolecular Hbond substituents is 1. The van der Waals surface area contributed by atoms with Crippen LogP contribution in [0.15, 0.2) is 23.2 Å². The van der Waals surface area contributed by atoms with E-state index >= 15 is 0 Å². The molecule has 0 radical (unpaired) electrons. The molecular weight excluding hydrogens is 475 g/mol. The van der Waals surface area contributed by atoms with Gasteiger partial charge in [0.1, 0.15) is 5.60 Å². The molecule has 0 bridgehead atoms. The predicted molar refractivity (Wildman–Crippen MR) is 120 cm³/mol. The van der Waals surface area contributed by atoms with Crippen LogP contribution in [0, 0.1) is 0 Å². The van der Waals surface area contributed by atoms with E-state index in [2.05, 4.69) is 15.6 Å². The number of guanidine groups is 1. The third-order valence-electron chi connectivity index (χ3n) is 3.88. The Balaban J connectivity index is 0.00000392. The van der Waals surface area contributed by atoms with E-state index in [1.54, 1.807) is 17.0 Å². The Labute approximate surface area is 183 Å². The Morgan fingerprint density at radius 2 is 2.04 bits per heavy atom. The quantitative estimate of drug-likeness (QED) is 0.323. The summed E-state index contributed by atoms with van der Waals surface area (Å²) in [4.78, 5) is 18.2. The van der Waals surface area contributed by atoms with Crippen molar-refractivity contribution in [3.05, 3.63) is 23.8 Å². The second-order valence-corrected chi connectivity index (χ2v) is 7.43. The van der Waals surface area contributed by atoms with E-state index in [1.807, 2.05) is 33.8 Å². The highest BCUT2D eigenvalue weighted by Gasteiger charge is 2.34. The van der Waals surface area contributed by atoms with Crippen molar-refractivity contribution in [1.29, 1.82) is 0 Å². The van der Waals surface area contributed by atoms with Gasteiger partial charge in [0.15, 0.2) is 17.5 Å². The zero-order chi connectivity index (χ0) is 20.0. The van der Waals surface area contributed by atoms with Crippen molar-refractivity contribution in [3.63, 3.8) is 0 Å². The molecule has 158 valence electrons. The van der Waals surface area contributed by atoms with Gasteiger partial charge < -0.3 is 30.1 Å². The molecule has 1 aromatic rings. The first kappa shape index (κ1) is 24.1. The summed E-state index contributed by atoms with van der Waals surface area (Å²) in [5.74, 6) is 1.20. The van der Waals surface area contributed by atoms with Gasteiger partial charge in [0, 0.05) is 19.6 Å². The molecule has 2 rings (SSSR count). The van der Waals surface area contributed by atoms with Crippen LogP contribution in [-0.2, 0) is 11.3 Å². The second kappa shape index (κ2) is 10.6. The summed E-state index contributed by atoms with van der Waals surface area (Å²) in [5.41, 5.74) is 0.380. The van der Waals surface area contributed by atoms with Gasteiger partial charge in [-0.15, -0.1) is 24.0 Å². The molecule has 1 saturated heterocycles. The van der Waals surface area contributed by atoms with Crippen molar-refractivity contribution >= 4 is 36.0 Å². The molecule has 0 spiro atoms. The molecule has 1 fully saturated rings. The maximum atomic E-state index is 12.0. The van der Waals surface area contributed by atoms with Crippen molar-refractivity contribution in [3.8, 4) is 11.5 Å². The minimum Gasteiger partial charge on any atom is -0.504 e. The van der Waals surface area contributed by atoms with Crippen molar-refractivity contribution in [2.24, 2.45) is 4.99 Å². The molecule has 1 amide bonds. The maximum Gasteiger partial charge on any atom is 0.410 e. The molecule has 1 heterocycles. The Hall–Kier alpha value is -1.91. The van der Waals surface area contributed by atoms with Gasteiger partial charge in [0.05, 0.1) is 19.7 Å². The van der Waals surface area contributed by atoms with E-state index in [0.717, 1.165) is 12.1 Å². The molecule has 0 aliphatic carbocycles. The summed E-state index contributed by atoms with van der Waals surface area (Å²) in [7, 11) is 1.51. The number of methoxy groups -OCH3 is 1. The minimum absolute atomic E-state index is 0. The Morgan fingerprint density at radius 1 is 1.36 bits per heavy atom. The number of phenols is 1. The van der Waals surface area contributed by atoms with Gasteiger partial charge in [0.25, 0.3) is 0 Å². The van der Waals surface area contributed by atoms with Crippen LogP contribution in [0.3, 0.4) is 0 Å². The number of ether oxygens (including phenoxy) is 2. The number of benzene rings is 1. The van der Waals surface area contributed by atoms with Crippen LogP contribution in [0.4, 0.5) is 4.79 Å². The van der Waals surface area contributed by atoms with Gasteiger partial charge >= 0.3 is 6.09 Å². The minimum atomic E-state index is -0.490. The van der Waals surface area contributed by atoms with E-state index in [4.69, 9.17) is 9.47 Å². The average molecular weight is 506 g/mol. The Bertz CT molecular complexity index is 685. The van der Waals surface area contributed by atoms with Crippen molar-refractivity contribution < 1.29 is 19.4 Å². The first-order valence-electron chi connectivity index (χ1n) is 9.10. The number of carbonyl (C=O) groups is 1. The maximum absolute atomic E-state index is 12.0. The lowest BCUT2D eigenvalue weighted by Gasteiger charge is -2.40. The van der Waals surface area contributed by atoms with Gasteiger partial charge in [-0.3, -0.25) is 0 Å². The standard InChI is InChI=1S/C19H30N4O4.HI/c1-6-20-17(21-10-13-7-8-16(26-5)15(24)9-13)22-14-11-23(12-14)18(25)27-19(2,3)4;/h7-9,14,24H,6,10-12H2,1-5H3,(H2,20,21,22);1H. The second-order valence-electron chi connectivity index (χ2n) is 7.43. The normalized spacial score (nSPS) is 14.6. The number of carbonyl (C=O) groups excluding carboxylic acids is 1. The lowest BCUT2D eigenvalue weighted by atomic mass is 10.1. The number of likely N-dealkylation sites (tertiary alicyclic amines) is 1. The zero-order valence-electron chi connectivity index (χ0n) is 17.1. The fraction of sp³-hybridized carbons (Fsp3) is 0.579. The first-order valence-corrected chi connectivity index (χ1v) is 9.10. The zero-order valence-corrected chi connectivity index (χ0v) is 19.4. The monoisotopic (exact) mass is 506 g/mol. The highest BCUT2D eigenvalue weighted by Crippen LogP contribution is 2.26. The summed E-state index contributed by atoms with van der Waals surface area (Å²) in [6.45, 7) is 9.83. The van der Waals surface area contributed by atoms with Crippen molar-refractivity contribution in [1.82, 2.24) is 15.5 Å². The van der Waals surface area contributed by atoms with E-state index in [0.29, 0.717) is 31.3 Å². The number of hydrogen-bond acceptors (Lipinski definition) is 5. The number of aliphatic imine (C=N–C) groups is 1. The molecule has 8 nitrogen and oxygen atoms in total. The summed E-state index contributed by atoms with van der Waals surface area (Å²) in [5, 5.41) is 16.4. The predicted octanol–water partition coefficient (Wildman–Crippen LogP) is 2.69. The third-order valence-corrected chi connectivity index (χ3v) is 3.88. The van der Waals surface area contributed by atoms with Gasteiger partial charge in [-0.1, -0.05) is 6.07 Å². The van der Waals surface area contributed by atoms with Crippen LogP contribution in [0.5, 0.6) is 11.5 Å². The highest BCUT2D eigenvalue weighted by molar-refractivity contribution is 14.0. The third kappa shape index (κ3) is 7.25. The van der Waals surface area contributed by atoms with Crippen LogP contribution in [0.2, 0.25) is 0 Å². The van der Waals surface area contributed by atoms with Crippen LogP contribution in [0.1, 0.15) is 33.3 Å².